The third kappa shape index (κ3) is 8.36. The Morgan fingerprint density at radius 1 is 0.415 bits per heavy atom. The van der Waals surface area contributed by atoms with Crippen LogP contribution in [-0.2, 0) is 9.84 Å². The predicted octanol–water partition coefficient (Wildman–Crippen LogP) is 7.40. The highest BCUT2D eigenvalue weighted by molar-refractivity contribution is 7.92. The first-order valence-electron chi connectivity index (χ1n) is 16.2. The lowest BCUT2D eigenvalue weighted by Gasteiger charge is -2.24. The van der Waals surface area contributed by atoms with E-state index in [1.54, 1.807) is 85.0 Å². The van der Waals surface area contributed by atoms with Crippen molar-refractivity contribution in [3.05, 3.63) is 95.1 Å². The van der Waals surface area contributed by atoms with Crippen LogP contribution in [0, 0.1) is 0 Å². The molecule has 0 aliphatic carbocycles. The number of hydrogen-bond donors (Lipinski definition) is 0. The highest BCUT2D eigenvalue weighted by Crippen LogP contribution is 2.47. The number of methoxy groups -OCH3 is 10. The van der Waals surface area contributed by atoms with E-state index < -0.39 is 20.3 Å². The first-order valence-corrected chi connectivity index (χ1v) is 17.8. The molecule has 0 heterocycles. The molecule has 0 bridgehead atoms. The Balaban J connectivity index is 2.11. The lowest BCUT2D eigenvalue weighted by molar-refractivity contribution is 0.323. The van der Waals surface area contributed by atoms with E-state index in [0.717, 1.165) is 0 Å². The van der Waals surface area contributed by atoms with Crippen LogP contribution in [0.2, 0.25) is 0 Å². The molecular weight excluding hydrogens is 704 g/mol. The van der Waals surface area contributed by atoms with Crippen molar-refractivity contribution in [1.29, 1.82) is 0 Å². The molecule has 0 aromatic heterocycles. The fourth-order valence-corrected chi connectivity index (χ4v) is 7.91. The molecule has 0 N–H and O–H groups in total. The van der Waals surface area contributed by atoms with E-state index in [-0.39, 0.29) is 23.0 Å². The molecule has 4 aromatic carbocycles. The maximum atomic E-state index is 15.5. The van der Waals surface area contributed by atoms with Gasteiger partial charge in [-0.2, -0.15) is 0 Å². The van der Waals surface area contributed by atoms with Gasteiger partial charge < -0.3 is 47.4 Å². The summed E-state index contributed by atoms with van der Waals surface area (Å²) in [5.41, 5.74) is 1.71. The van der Waals surface area contributed by atoms with Crippen molar-refractivity contribution in [1.82, 2.24) is 0 Å². The van der Waals surface area contributed by atoms with Gasteiger partial charge in [0, 0.05) is 0 Å². The van der Waals surface area contributed by atoms with Crippen LogP contribution >= 0.6 is 0 Å². The number of benzene rings is 4. The Labute approximate surface area is 311 Å². The van der Waals surface area contributed by atoms with Gasteiger partial charge in [0.25, 0.3) is 0 Å². The second-order valence-corrected chi connectivity index (χ2v) is 13.4. The SMILES string of the molecule is COc1cccc(OC)c1C=CC(c1cc(OC)c(OC)c(OC)c1)S(=O)(=O)C(C=Cc1c(OC)cccc1OC)c1cc(OC)c(OC)c(OC)c1. The molecule has 0 saturated carbocycles. The van der Waals surface area contributed by atoms with Gasteiger partial charge in [0.15, 0.2) is 32.8 Å². The third-order valence-electron chi connectivity index (χ3n) is 8.55. The van der Waals surface area contributed by atoms with Gasteiger partial charge in [-0.25, -0.2) is 8.42 Å². The van der Waals surface area contributed by atoms with Crippen molar-refractivity contribution in [3.8, 4) is 57.5 Å². The second kappa shape index (κ2) is 18.2. The lowest BCUT2D eigenvalue weighted by Crippen LogP contribution is -2.19. The maximum absolute atomic E-state index is 15.5. The molecule has 53 heavy (non-hydrogen) atoms. The first kappa shape index (κ1) is 40.1. The maximum Gasteiger partial charge on any atom is 0.203 e. The zero-order chi connectivity index (χ0) is 38.7. The van der Waals surface area contributed by atoms with Crippen LogP contribution in [0.15, 0.2) is 72.8 Å². The monoisotopic (exact) mass is 750 g/mol. The molecule has 13 heteroatoms. The van der Waals surface area contributed by atoms with E-state index in [4.69, 9.17) is 47.4 Å². The van der Waals surface area contributed by atoms with Gasteiger partial charge in [0.05, 0.1) is 82.2 Å². The van der Waals surface area contributed by atoms with E-state index in [0.29, 0.717) is 56.8 Å². The minimum absolute atomic E-state index is 0.268. The molecule has 12 nitrogen and oxygen atoms in total. The smallest absolute Gasteiger partial charge is 0.203 e. The van der Waals surface area contributed by atoms with Crippen LogP contribution in [-0.4, -0.2) is 79.5 Å². The molecular formula is C40H46O12S. The lowest BCUT2D eigenvalue weighted by atomic mass is 10.1. The fraction of sp³-hybridized carbons (Fsp3) is 0.300. The molecule has 2 atom stereocenters. The van der Waals surface area contributed by atoms with Crippen molar-refractivity contribution in [3.63, 3.8) is 0 Å². The van der Waals surface area contributed by atoms with Crippen LogP contribution < -0.4 is 47.4 Å². The van der Waals surface area contributed by atoms with E-state index >= 15 is 8.42 Å². The third-order valence-corrected chi connectivity index (χ3v) is 10.8. The topological polar surface area (TPSA) is 126 Å². The molecule has 4 rings (SSSR count). The van der Waals surface area contributed by atoms with E-state index in [1.807, 2.05) is 0 Å². The summed E-state index contributed by atoms with van der Waals surface area (Å²) in [5.74, 6) is 3.58. The van der Waals surface area contributed by atoms with Gasteiger partial charge in [-0.3, -0.25) is 0 Å². The fourth-order valence-electron chi connectivity index (χ4n) is 5.97. The minimum Gasteiger partial charge on any atom is -0.496 e. The summed E-state index contributed by atoms with van der Waals surface area (Å²) in [5, 5.41) is -2.67. The largest absolute Gasteiger partial charge is 0.496 e. The summed E-state index contributed by atoms with van der Waals surface area (Å²) >= 11 is 0. The molecule has 0 spiro atoms. The van der Waals surface area contributed by atoms with Crippen LogP contribution in [0.3, 0.4) is 0 Å². The number of hydrogen-bond acceptors (Lipinski definition) is 12. The summed E-state index contributed by atoms with van der Waals surface area (Å²) in [4.78, 5) is 0. The van der Waals surface area contributed by atoms with Crippen molar-refractivity contribution in [2.24, 2.45) is 0 Å². The van der Waals surface area contributed by atoms with Crippen molar-refractivity contribution in [2.45, 2.75) is 10.5 Å². The van der Waals surface area contributed by atoms with Crippen molar-refractivity contribution < 1.29 is 55.8 Å². The first-order chi connectivity index (χ1) is 25.6. The molecule has 2 unspecified atom stereocenters. The minimum atomic E-state index is -4.37. The van der Waals surface area contributed by atoms with Gasteiger partial charge in [0.2, 0.25) is 11.5 Å². The molecule has 0 saturated heterocycles. The molecule has 0 aliphatic rings. The molecule has 4 aromatic rings. The number of rotatable bonds is 18. The summed E-state index contributed by atoms with van der Waals surface area (Å²) in [6, 6.07) is 17.0. The molecule has 0 radical (unpaired) electrons. The van der Waals surface area contributed by atoms with Crippen LogP contribution in [0.1, 0.15) is 32.8 Å². The highest BCUT2D eigenvalue weighted by Gasteiger charge is 2.36. The Morgan fingerprint density at radius 3 is 0.906 bits per heavy atom. The summed E-state index contributed by atoms with van der Waals surface area (Å²) in [6.07, 6.45) is 6.45. The zero-order valence-corrected chi connectivity index (χ0v) is 32.4. The van der Waals surface area contributed by atoms with Crippen LogP contribution in [0.5, 0.6) is 57.5 Å². The highest BCUT2D eigenvalue weighted by atomic mass is 32.2. The average Bonchev–Trinajstić information content (AvgIpc) is 3.19. The molecule has 284 valence electrons. The Morgan fingerprint density at radius 2 is 0.679 bits per heavy atom. The summed E-state index contributed by atoms with van der Waals surface area (Å²) in [6.45, 7) is 0. The second-order valence-electron chi connectivity index (χ2n) is 11.2. The summed E-state index contributed by atoms with van der Waals surface area (Å²) in [7, 11) is 10.5. The van der Waals surface area contributed by atoms with Gasteiger partial charge in [-0.05, 0) is 71.8 Å². The van der Waals surface area contributed by atoms with Crippen LogP contribution in [0.25, 0.3) is 12.2 Å². The quantitative estimate of drug-likeness (QED) is 0.101. The van der Waals surface area contributed by atoms with Gasteiger partial charge >= 0.3 is 0 Å². The van der Waals surface area contributed by atoms with Gasteiger partial charge in [-0.1, -0.05) is 24.3 Å². The zero-order valence-electron chi connectivity index (χ0n) is 31.5. The predicted molar refractivity (Wildman–Crippen MR) is 204 cm³/mol. The molecule has 0 amide bonds. The van der Waals surface area contributed by atoms with Crippen molar-refractivity contribution >= 4 is 22.0 Å². The molecule has 0 aliphatic heterocycles. The van der Waals surface area contributed by atoms with E-state index in [1.165, 1.54) is 71.1 Å². The van der Waals surface area contributed by atoms with Crippen LogP contribution in [0.4, 0.5) is 0 Å². The number of sulfone groups is 1. The van der Waals surface area contributed by atoms with E-state index in [2.05, 4.69) is 0 Å². The Hall–Kier alpha value is -5.69. The van der Waals surface area contributed by atoms with Gasteiger partial charge in [0.1, 0.15) is 33.5 Å². The Bertz CT molecular complexity index is 1800. The van der Waals surface area contributed by atoms with E-state index in [9.17, 15) is 0 Å². The molecule has 0 fully saturated rings. The normalized spacial score (nSPS) is 12.6. The average molecular weight is 751 g/mol. The number of ether oxygens (including phenoxy) is 10. The Kier molecular flexibility index (Phi) is 13.8. The standard InChI is InChI=1S/C40H46O12S/c1-43-29-13-11-14-30(44-2)27(29)17-19-37(25-21-33(47-5)39(51-9)34(22-25)48-6)53(41,42)38(20-18-28-31(45-3)15-12-16-32(28)46-4)26-23-35(49-7)40(52-10)36(24-26)50-8/h11-24,37-38H,1-10H3. The van der Waals surface area contributed by atoms with Crippen molar-refractivity contribution in [2.75, 3.05) is 71.1 Å². The summed E-state index contributed by atoms with van der Waals surface area (Å²) < 4.78 is 87.3. The van der Waals surface area contributed by atoms with Gasteiger partial charge in [-0.15, -0.1) is 0 Å².